The highest BCUT2D eigenvalue weighted by molar-refractivity contribution is 7.11. The lowest BCUT2D eigenvalue weighted by Gasteiger charge is -2.19. The van der Waals surface area contributed by atoms with E-state index in [4.69, 9.17) is 4.74 Å². The van der Waals surface area contributed by atoms with Crippen molar-refractivity contribution in [3.63, 3.8) is 0 Å². The van der Waals surface area contributed by atoms with Crippen molar-refractivity contribution in [3.05, 3.63) is 16.1 Å². The lowest BCUT2D eigenvalue weighted by atomic mass is 10.1. The fourth-order valence-electron chi connectivity index (χ4n) is 1.59. The Morgan fingerprint density at radius 1 is 1.33 bits per heavy atom. The van der Waals surface area contributed by atoms with Crippen molar-refractivity contribution < 1.29 is 19.1 Å². The van der Waals surface area contributed by atoms with Crippen LogP contribution in [0.2, 0.25) is 0 Å². The summed E-state index contributed by atoms with van der Waals surface area (Å²) in [5.74, 6) is -0.218. The second kappa shape index (κ2) is 7.97. The van der Waals surface area contributed by atoms with Crippen molar-refractivity contribution in [2.45, 2.75) is 46.3 Å². The van der Waals surface area contributed by atoms with Gasteiger partial charge in [-0.3, -0.25) is 0 Å². The molecule has 1 aromatic heterocycles. The van der Waals surface area contributed by atoms with Crippen LogP contribution < -0.4 is 5.32 Å². The number of esters is 1. The van der Waals surface area contributed by atoms with E-state index >= 15 is 0 Å². The molecule has 7 heteroatoms. The Bertz CT molecular complexity index is 485. The lowest BCUT2D eigenvalue weighted by Crippen LogP contribution is -2.45. The zero-order valence-electron chi connectivity index (χ0n) is 13.0. The normalized spacial score (nSPS) is 12.3. The molecule has 0 aliphatic carbocycles. The topological polar surface area (TPSA) is 77.5 Å². The number of hydrogen-bond donors (Lipinski definition) is 1. The van der Waals surface area contributed by atoms with Crippen molar-refractivity contribution in [1.29, 1.82) is 0 Å². The minimum absolute atomic E-state index is 0.0825. The van der Waals surface area contributed by atoms with Gasteiger partial charge in [0.1, 0.15) is 12.6 Å². The first-order valence-electron chi connectivity index (χ1n) is 6.80. The summed E-state index contributed by atoms with van der Waals surface area (Å²) < 4.78 is 9.76. The molecule has 0 aliphatic heterocycles. The van der Waals surface area contributed by atoms with Crippen LogP contribution in [0.3, 0.4) is 0 Å². The van der Waals surface area contributed by atoms with Gasteiger partial charge in [0.25, 0.3) is 0 Å². The first-order chi connectivity index (χ1) is 9.85. The number of alkyl carbamates (subject to hydrolysis) is 1. The van der Waals surface area contributed by atoms with E-state index in [-0.39, 0.29) is 12.5 Å². The number of aromatic nitrogens is 1. The number of ether oxygens (including phenoxy) is 2. The fourth-order valence-corrected chi connectivity index (χ4v) is 2.42. The molecule has 0 spiro atoms. The van der Waals surface area contributed by atoms with E-state index in [1.807, 2.05) is 13.8 Å². The summed E-state index contributed by atoms with van der Waals surface area (Å²) in [6.07, 6.45) is 1.06. The van der Waals surface area contributed by atoms with Crippen LogP contribution in [0.4, 0.5) is 4.79 Å². The quantitative estimate of drug-likeness (QED) is 0.817. The molecule has 1 atom stereocenters. The molecule has 1 N–H and O–H groups in total. The molecule has 0 saturated carbocycles. The Hall–Kier alpha value is -1.63. The van der Waals surface area contributed by atoms with Crippen LogP contribution in [0.1, 0.15) is 43.5 Å². The number of carbonyl (C=O) groups excluding carboxylic acids is 2. The molecule has 0 radical (unpaired) electrons. The predicted octanol–water partition coefficient (Wildman–Crippen LogP) is 2.69. The Morgan fingerprint density at radius 2 is 2.00 bits per heavy atom. The summed E-state index contributed by atoms with van der Waals surface area (Å²) in [6, 6.07) is -0.713. The maximum absolute atomic E-state index is 11.7. The molecule has 0 fully saturated rings. The third kappa shape index (κ3) is 5.34. The number of nitrogens with zero attached hydrogens (tertiary/aromatic N) is 1. The Morgan fingerprint density at radius 3 is 2.48 bits per heavy atom. The van der Waals surface area contributed by atoms with E-state index in [1.54, 1.807) is 6.20 Å². The molecule has 1 amide bonds. The van der Waals surface area contributed by atoms with Crippen LogP contribution in [0.25, 0.3) is 0 Å². The maximum atomic E-state index is 11.7. The Labute approximate surface area is 128 Å². The van der Waals surface area contributed by atoms with Crippen molar-refractivity contribution in [3.8, 4) is 0 Å². The Kier molecular flexibility index (Phi) is 6.61. The van der Waals surface area contributed by atoms with Crippen LogP contribution in [0, 0.1) is 5.92 Å². The van der Waals surface area contributed by atoms with Crippen LogP contribution in [-0.2, 0) is 20.9 Å². The smallest absolute Gasteiger partial charge is 0.408 e. The standard InChI is InChI=1S/C14H22N2O4S/c1-8(2)11(13(17)19-5)16-14(18)20-7-10-6-15-12(21-10)9(3)4/h6,8-9,11H,7H2,1-5H3,(H,16,18). The highest BCUT2D eigenvalue weighted by Gasteiger charge is 2.25. The van der Waals surface area contributed by atoms with Crippen molar-refractivity contribution in [1.82, 2.24) is 10.3 Å². The van der Waals surface area contributed by atoms with Gasteiger partial charge < -0.3 is 14.8 Å². The average Bonchev–Trinajstić information content (AvgIpc) is 2.90. The second-order valence-corrected chi connectivity index (χ2v) is 6.43. The summed E-state index contributed by atoms with van der Waals surface area (Å²) in [4.78, 5) is 28.4. The number of thiazole rings is 1. The Balaban J connectivity index is 2.50. The first-order valence-corrected chi connectivity index (χ1v) is 7.62. The van der Waals surface area contributed by atoms with Gasteiger partial charge in [0.05, 0.1) is 17.0 Å². The van der Waals surface area contributed by atoms with Gasteiger partial charge in [0.15, 0.2) is 0 Å². The minimum Gasteiger partial charge on any atom is -0.467 e. The highest BCUT2D eigenvalue weighted by atomic mass is 32.1. The van der Waals surface area contributed by atoms with Gasteiger partial charge in [0.2, 0.25) is 0 Å². The monoisotopic (exact) mass is 314 g/mol. The SMILES string of the molecule is COC(=O)C(NC(=O)OCc1cnc(C(C)C)s1)C(C)C. The maximum Gasteiger partial charge on any atom is 0.408 e. The number of hydrogen-bond acceptors (Lipinski definition) is 6. The van der Waals surface area contributed by atoms with Crippen molar-refractivity contribution >= 4 is 23.4 Å². The molecule has 6 nitrogen and oxygen atoms in total. The molecule has 1 unspecified atom stereocenters. The summed E-state index contributed by atoms with van der Waals surface area (Å²) in [7, 11) is 1.29. The number of nitrogens with one attached hydrogen (secondary N) is 1. The number of amides is 1. The summed E-state index contributed by atoms with van der Waals surface area (Å²) >= 11 is 1.51. The molecule has 0 bridgehead atoms. The van der Waals surface area contributed by atoms with Crippen molar-refractivity contribution in [2.75, 3.05) is 7.11 Å². The van der Waals surface area contributed by atoms with E-state index in [2.05, 4.69) is 28.9 Å². The van der Waals surface area contributed by atoms with E-state index < -0.39 is 18.1 Å². The van der Waals surface area contributed by atoms with Gasteiger partial charge >= 0.3 is 12.1 Å². The zero-order chi connectivity index (χ0) is 16.0. The molecular formula is C14H22N2O4S. The van der Waals surface area contributed by atoms with E-state index in [9.17, 15) is 9.59 Å². The number of methoxy groups -OCH3 is 1. The lowest BCUT2D eigenvalue weighted by molar-refractivity contribution is -0.144. The van der Waals surface area contributed by atoms with E-state index in [1.165, 1.54) is 18.4 Å². The molecule has 0 aromatic carbocycles. The third-order valence-corrected chi connectivity index (χ3v) is 4.08. The molecule has 0 saturated heterocycles. The molecule has 0 aliphatic rings. The van der Waals surface area contributed by atoms with E-state index in [0.717, 1.165) is 9.88 Å². The summed E-state index contributed by atoms with van der Waals surface area (Å²) in [5.41, 5.74) is 0. The first kappa shape index (κ1) is 17.4. The van der Waals surface area contributed by atoms with Gasteiger partial charge in [-0.05, 0) is 5.92 Å². The number of carbonyl (C=O) groups is 2. The molecule has 1 heterocycles. The van der Waals surface area contributed by atoms with Gasteiger partial charge in [-0.15, -0.1) is 11.3 Å². The third-order valence-electron chi connectivity index (χ3n) is 2.81. The highest BCUT2D eigenvalue weighted by Crippen LogP contribution is 2.21. The zero-order valence-corrected chi connectivity index (χ0v) is 13.8. The summed E-state index contributed by atoms with van der Waals surface area (Å²) in [6.45, 7) is 7.89. The number of rotatable bonds is 6. The van der Waals surface area contributed by atoms with Crippen LogP contribution in [0.15, 0.2) is 6.20 Å². The van der Waals surface area contributed by atoms with Crippen LogP contribution >= 0.6 is 11.3 Å². The van der Waals surface area contributed by atoms with Gasteiger partial charge in [-0.25, -0.2) is 14.6 Å². The van der Waals surface area contributed by atoms with Gasteiger partial charge in [0, 0.05) is 12.1 Å². The van der Waals surface area contributed by atoms with E-state index in [0.29, 0.717) is 5.92 Å². The second-order valence-electron chi connectivity index (χ2n) is 5.28. The predicted molar refractivity (Wildman–Crippen MR) is 80.2 cm³/mol. The van der Waals surface area contributed by atoms with Crippen LogP contribution in [0.5, 0.6) is 0 Å². The molecule has 21 heavy (non-hydrogen) atoms. The molecule has 118 valence electrons. The molecular weight excluding hydrogens is 292 g/mol. The van der Waals surface area contributed by atoms with Crippen LogP contribution in [-0.4, -0.2) is 30.2 Å². The van der Waals surface area contributed by atoms with Crippen molar-refractivity contribution in [2.24, 2.45) is 5.92 Å². The minimum atomic E-state index is -0.713. The fraction of sp³-hybridized carbons (Fsp3) is 0.643. The largest absolute Gasteiger partial charge is 0.467 e. The molecule has 1 rings (SSSR count). The van der Waals surface area contributed by atoms with Gasteiger partial charge in [-0.1, -0.05) is 27.7 Å². The summed E-state index contributed by atoms with van der Waals surface area (Å²) in [5, 5.41) is 3.52. The molecule has 1 aromatic rings. The van der Waals surface area contributed by atoms with Gasteiger partial charge in [-0.2, -0.15) is 0 Å². The average molecular weight is 314 g/mol.